The van der Waals surface area contributed by atoms with Gasteiger partial charge in [0.1, 0.15) is 10.8 Å². The Morgan fingerprint density at radius 2 is 1.60 bits per heavy atom. The van der Waals surface area contributed by atoms with Crippen LogP contribution in [0.1, 0.15) is 4.19 Å². The molecule has 15 heavy (non-hydrogen) atoms. The fourth-order valence-electron chi connectivity index (χ4n) is 0.606. The van der Waals surface area contributed by atoms with Gasteiger partial charge in [0.2, 0.25) is 0 Å². The molecule has 0 saturated heterocycles. The molecule has 2 heterocycles. The molecule has 0 aromatic carbocycles. The van der Waals surface area contributed by atoms with Gasteiger partial charge >= 0.3 is 7.25 Å². The van der Waals surface area contributed by atoms with Crippen LogP contribution in [0.2, 0.25) is 0 Å². The molecular formula is C6H4BF4S4. The van der Waals surface area contributed by atoms with Gasteiger partial charge in [-0.3, -0.25) is 0 Å². The molecule has 0 fully saturated rings. The van der Waals surface area contributed by atoms with Crippen molar-refractivity contribution in [2.75, 3.05) is 0 Å². The Labute approximate surface area is 101 Å². The zero-order chi connectivity index (χ0) is 11.3. The molecule has 1 aliphatic heterocycles. The van der Waals surface area contributed by atoms with Crippen molar-refractivity contribution in [3.05, 3.63) is 30.3 Å². The number of thioether (sulfide) groups is 2. The first-order valence-electron chi connectivity index (χ1n) is 3.55. The summed E-state index contributed by atoms with van der Waals surface area (Å²) in [5.74, 6) is 0. The van der Waals surface area contributed by atoms with Gasteiger partial charge in [-0.2, -0.15) is 0 Å². The molecule has 0 unspecified atom stereocenters. The van der Waals surface area contributed by atoms with Crippen molar-refractivity contribution in [3.63, 3.8) is 0 Å². The van der Waals surface area contributed by atoms with Gasteiger partial charge in [0, 0.05) is 0 Å². The van der Waals surface area contributed by atoms with E-state index in [9.17, 15) is 17.3 Å². The topological polar surface area (TPSA) is 0 Å². The van der Waals surface area contributed by atoms with E-state index in [0.29, 0.717) is 0 Å². The average molecular weight is 291 g/mol. The van der Waals surface area contributed by atoms with Crippen molar-refractivity contribution in [2.24, 2.45) is 0 Å². The largest absolute Gasteiger partial charge is 0.673 e. The van der Waals surface area contributed by atoms with E-state index in [1.807, 2.05) is 46.2 Å². The second kappa shape index (κ2) is 6.12. The van der Waals surface area contributed by atoms with E-state index in [4.69, 9.17) is 0 Å². The molecule has 2 rings (SSSR count). The summed E-state index contributed by atoms with van der Waals surface area (Å²) in [6.07, 6.45) is 0. The highest BCUT2D eigenvalue weighted by Gasteiger charge is 2.25. The standard InChI is InChI=1S/C6H4S4.BF4/c1-2-8-5(7-1)6-9-3-4-10-6;2-1(3,4)5/h1-4H;/q+1;-1. The monoisotopic (exact) mass is 291 g/mol. The van der Waals surface area contributed by atoms with Crippen molar-refractivity contribution >= 4 is 53.5 Å². The molecule has 0 amide bonds. The summed E-state index contributed by atoms with van der Waals surface area (Å²) in [6.45, 7) is 0. The zero-order valence-corrected chi connectivity index (χ0v) is 10.3. The second-order valence-electron chi connectivity index (χ2n) is 2.09. The third kappa shape index (κ3) is 6.44. The molecule has 0 aliphatic carbocycles. The Kier molecular flexibility index (Phi) is 5.44. The Hall–Kier alpha value is 0.275. The van der Waals surface area contributed by atoms with Gasteiger partial charge in [-0.25, -0.2) is 0 Å². The highest BCUT2D eigenvalue weighted by atomic mass is 32.2. The van der Waals surface area contributed by atoms with Gasteiger partial charge in [0.25, 0.3) is 4.19 Å². The quantitative estimate of drug-likeness (QED) is 0.397. The molecule has 0 atom stereocenters. The Bertz CT molecular complexity index is 295. The van der Waals surface area contributed by atoms with Crippen LogP contribution in [0.5, 0.6) is 0 Å². The molecule has 0 nitrogen and oxygen atoms in total. The van der Waals surface area contributed by atoms with Gasteiger partial charge in [0.05, 0.1) is 22.7 Å². The second-order valence-corrected chi connectivity index (χ2v) is 6.27. The van der Waals surface area contributed by atoms with Crippen LogP contribution < -0.4 is 0 Å². The smallest absolute Gasteiger partial charge is 0.418 e. The Morgan fingerprint density at radius 3 is 2.00 bits per heavy atom. The van der Waals surface area contributed by atoms with Crippen LogP contribution in [0, 0.1) is 4.58 Å². The molecule has 1 radical (unpaired) electrons. The fraction of sp³-hybridized carbons (Fsp3) is 0. The van der Waals surface area contributed by atoms with E-state index >= 15 is 0 Å². The maximum absolute atomic E-state index is 9.75. The van der Waals surface area contributed by atoms with Gasteiger partial charge in [0.15, 0.2) is 4.58 Å². The maximum atomic E-state index is 9.75. The lowest BCUT2D eigenvalue weighted by Crippen LogP contribution is -2.02. The van der Waals surface area contributed by atoms with E-state index in [1.54, 1.807) is 0 Å². The predicted octanol–water partition coefficient (Wildman–Crippen LogP) is 5.18. The van der Waals surface area contributed by atoms with Crippen LogP contribution in [-0.2, 0) is 0 Å². The van der Waals surface area contributed by atoms with Gasteiger partial charge in [-0.15, -0.1) is 23.5 Å². The van der Waals surface area contributed by atoms with Crippen molar-refractivity contribution in [3.8, 4) is 0 Å². The summed E-state index contributed by atoms with van der Waals surface area (Å²) in [4.78, 5) is 0. The molecular weight excluding hydrogens is 287 g/mol. The minimum Gasteiger partial charge on any atom is -0.418 e. The SMILES string of the molecule is C1=CS[C](c2scc[s+]2)S1.F[B-](F)(F)F. The van der Waals surface area contributed by atoms with Crippen LogP contribution in [0.4, 0.5) is 17.3 Å². The van der Waals surface area contributed by atoms with Crippen molar-refractivity contribution in [2.45, 2.75) is 0 Å². The lowest BCUT2D eigenvalue weighted by Gasteiger charge is -1.94. The number of rotatable bonds is 1. The first kappa shape index (κ1) is 13.3. The molecule has 9 heteroatoms. The van der Waals surface area contributed by atoms with E-state index in [2.05, 4.69) is 21.6 Å². The van der Waals surface area contributed by atoms with Gasteiger partial charge in [-0.1, -0.05) is 0 Å². The lowest BCUT2D eigenvalue weighted by atomic mass is 10.3. The summed E-state index contributed by atoms with van der Waals surface area (Å²) < 4.78 is 41.9. The third-order valence-electron chi connectivity index (χ3n) is 0.978. The summed E-state index contributed by atoms with van der Waals surface area (Å²) >= 11 is 7.28. The summed E-state index contributed by atoms with van der Waals surface area (Å²) in [5.41, 5.74) is 0. The van der Waals surface area contributed by atoms with Crippen LogP contribution in [0.25, 0.3) is 0 Å². The van der Waals surface area contributed by atoms with E-state index in [-0.39, 0.29) is 0 Å². The molecule has 1 aromatic rings. The van der Waals surface area contributed by atoms with Crippen molar-refractivity contribution < 1.29 is 17.3 Å². The normalized spacial score (nSPS) is 16.3. The average Bonchev–Trinajstić information content (AvgIpc) is 2.73. The predicted molar refractivity (Wildman–Crippen MR) is 63.5 cm³/mol. The first-order chi connectivity index (χ1) is 6.97. The lowest BCUT2D eigenvalue weighted by molar-refractivity contribution is 0.368. The minimum absolute atomic E-state index is 1.43. The molecule has 83 valence electrons. The van der Waals surface area contributed by atoms with Crippen LogP contribution in [0.3, 0.4) is 0 Å². The van der Waals surface area contributed by atoms with Crippen LogP contribution >= 0.6 is 46.2 Å². The molecule has 0 bridgehead atoms. The summed E-state index contributed by atoms with van der Waals surface area (Å²) in [6, 6.07) is 0. The van der Waals surface area contributed by atoms with Gasteiger partial charge < -0.3 is 17.3 Å². The molecule has 0 spiro atoms. The number of halogens is 4. The third-order valence-corrected chi connectivity index (χ3v) is 5.76. The van der Waals surface area contributed by atoms with E-state index in [0.717, 1.165) is 0 Å². The maximum Gasteiger partial charge on any atom is 0.673 e. The van der Waals surface area contributed by atoms with Gasteiger partial charge in [-0.05, 0) is 10.8 Å². The highest BCUT2D eigenvalue weighted by Crippen LogP contribution is 2.48. The summed E-state index contributed by atoms with van der Waals surface area (Å²) in [7, 11) is -6.00. The Balaban J connectivity index is 0.000000195. The number of hydrogen-bond donors (Lipinski definition) is 0. The van der Waals surface area contributed by atoms with Crippen molar-refractivity contribution in [1.82, 2.24) is 0 Å². The minimum atomic E-state index is -6.00. The molecule has 0 saturated carbocycles. The van der Waals surface area contributed by atoms with Crippen molar-refractivity contribution in [1.29, 1.82) is 0 Å². The van der Waals surface area contributed by atoms with Crippen LogP contribution in [0.15, 0.2) is 21.6 Å². The molecule has 0 N–H and O–H groups in total. The number of hydrogen-bond acceptors (Lipinski definition) is 3. The zero-order valence-electron chi connectivity index (χ0n) is 7.03. The van der Waals surface area contributed by atoms with E-state index < -0.39 is 7.25 Å². The fourth-order valence-corrected chi connectivity index (χ4v) is 4.64. The molecule has 1 aromatic heterocycles. The highest BCUT2D eigenvalue weighted by molar-refractivity contribution is 8.26. The molecule has 1 aliphatic rings. The van der Waals surface area contributed by atoms with E-state index in [1.165, 1.54) is 8.77 Å². The first-order valence-corrected chi connectivity index (χ1v) is 7.07. The summed E-state index contributed by atoms with van der Waals surface area (Å²) in [5, 5.41) is 8.53. The Morgan fingerprint density at radius 1 is 1.07 bits per heavy atom. The van der Waals surface area contributed by atoms with Crippen LogP contribution in [-0.4, -0.2) is 7.25 Å².